The lowest BCUT2D eigenvalue weighted by Gasteiger charge is -1.99. The van der Waals surface area contributed by atoms with Crippen molar-refractivity contribution in [1.29, 1.82) is 0 Å². The minimum absolute atomic E-state index is 0.605. The van der Waals surface area contributed by atoms with Crippen molar-refractivity contribution >= 4 is 5.84 Å². The maximum Gasteiger partial charge on any atom is 0.105 e. The van der Waals surface area contributed by atoms with Gasteiger partial charge < -0.3 is 10.3 Å². The van der Waals surface area contributed by atoms with Gasteiger partial charge in [0.2, 0.25) is 0 Å². The first-order valence-corrected chi connectivity index (χ1v) is 3.85. The fourth-order valence-corrected chi connectivity index (χ4v) is 0.902. The van der Waals surface area contributed by atoms with Crippen molar-refractivity contribution in [3.63, 3.8) is 0 Å². The van der Waals surface area contributed by atoms with Crippen LogP contribution in [0.3, 0.4) is 0 Å². The van der Waals surface area contributed by atoms with Crippen LogP contribution in [0, 0.1) is 6.92 Å². The van der Waals surface area contributed by atoms with Crippen LogP contribution in [0.1, 0.15) is 18.4 Å². The number of imidazole rings is 1. The molecule has 0 spiro atoms. The fraction of sp³-hybridized carbons (Fsp3) is 0.500. The maximum atomic E-state index is 5.42. The van der Waals surface area contributed by atoms with Crippen molar-refractivity contribution in [2.24, 2.45) is 17.8 Å². The summed E-state index contributed by atoms with van der Waals surface area (Å²) < 4.78 is 2.01. The zero-order valence-electron chi connectivity index (χ0n) is 7.70. The SMILES string of the molecule is CC(N)=NCc1cnc(C)n1C. The molecule has 0 unspecified atom stereocenters. The predicted octanol–water partition coefficient (Wildman–Crippen LogP) is 0.606. The third-order valence-corrected chi connectivity index (χ3v) is 1.81. The van der Waals surface area contributed by atoms with Gasteiger partial charge in [-0.05, 0) is 13.8 Å². The molecule has 0 aliphatic rings. The van der Waals surface area contributed by atoms with Gasteiger partial charge in [0, 0.05) is 7.05 Å². The molecule has 1 aromatic heterocycles. The Morgan fingerprint density at radius 2 is 2.42 bits per heavy atom. The second-order valence-electron chi connectivity index (χ2n) is 2.81. The molecule has 0 bridgehead atoms. The Labute approximate surface area is 72.1 Å². The van der Waals surface area contributed by atoms with Crippen LogP contribution in [-0.4, -0.2) is 15.4 Å². The first kappa shape index (κ1) is 8.77. The molecule has 0 radical (unpaired) electrons. The number of nitrogens with zero attached hydrogens (tertiary/aromatic N) is 3. The first-order chi connectivity index (χ1) is 5.61. The molecule has 0 saturated carbocycles. The van der Waals surface area contributed by atoms with E-state index >= 15 is 0 Å². The topological polar surface area (TPSA) is 56.2 Å². The smallest absolute Gasteiger partial charge is 0.105 e. The van der Waals surface area contributed by atoms with E-state index in [4.69, 9.17) is 5.73 Å². The molecule has 66 valence electrons. The molecule has 0 saturated heterocycles. The number of aryl methyl sites for hydroxylation is 1. The van der Waals surface area contributed by atoms with Crippen molar-refractivity contribution in [3.05, 3.63) is 17.7 Å². The van der Waals surface area contributed by atoms with E-state index in [0.29, 0.717) is 12.4 Å². The predicted molar refractivity (Wildman–Crippen MR) is 48.9 cm³/mol. The molecule has 1 heterocycles. The molecule has 0 aliphatic heterocycles. The molecule has 0 amide bonds. The number of rotatable bonds is 2. The number of hydrogen-bond acceptors (Lipinski definition) is 2. The molecule has 2 N–H and O–H groups in total. The molecule has 4 nitrogen and oxygen atoms in total. The van der Waals surface area contributed by atoms with Gasteiger partial charge >= 0.3 is 0 Å². The third-order valence-electron chi connectivity index (χ3n) is 1.81. The zero-order valence-corrected chi connectivity index (χ0v) is 7.70. The largest absolute Gasteiger partial charge is 0.388 e. The normalized spacial score (nSPS) is 12.1. The van der Waals surface area contributed by atoms with E-state index in [0.717, 1.165) is 11.5 Å². The molecular formula is C8H14N4. The minimum atomic E-state index is 0.605. The van der Waals surface area contributed by atoms with E-state index < -0.39 is 0 Å². The van der Waals surface area contributed by atoms with Crippen LogP contribution in [0.25, 0.3) is 0 Å². The quantitative estimate of drug-likeness (QED) is 0.517. The van der Waals surface area contributed by atoms with Gasteiger partial charge in [0.15, 0.2) is 0 Å². The molecule has 4 heteroatoms. The van der Waals surface area contributed by atoms with Crippen LogP contribution in [0.4, 0.5) is 0 Å². The molecule has 0 atom stereocenters. The Kier molecular flexibility index (Phi) is 2.47. The van der Waals surface area contributed by atoms with Crippen molar-refractivity contribution in [2.75, 3.05) is 0 Å². The summed E-state index contributed by atoms with van der Waals surface area (Å²) in [6.07, 6.45) is 1.82. The lowest BCUT2D eigenvalue weighted by Crippen LogP contribution is -2.06. The second-order valence-corrected chi connectivity index (χ2v) is 2.81. The summed E-state index contributed by atoms with van der Waals surface area (Å²) in [7, 11) is 1.97. The number of aliphatic imine (C=N–C) groups is 1. The van der Waals surface area contributed by atoms with E-state index in [1.165, 1.54) is 0 Å². The second kappa shape index (κ2) is 3.38. The van der Waals surface area contributed by atoms with Crippen molar-refractivity contribution in [1.82, 2.24) is 9.55 Å². The molecule has 12 heavy (non-hydrogen) atoms. The summed E-state index contributed by atoms with van der Waals surface area (Å²) in [5, 5.41) is 0. The highest BCUT2D eigenvalue weighted by molar-refractivity contribution is 5.77. The summed E-state index contributed by atoms with van der Waals surface area (Å²) in [6, 6.07) is 0. The highest BCUT2D eigenvalue weighted by atomic mass is 15.1. The molecular weight excluding hydrogens is 152 g/mol. The van der Waals surface area contributed by atoms with E-state index in [1.54, 1.807) is 6.92 Å². The standard InChI is InChI=1S/C8H14N4/c1-6(9)10-4-8-5-11-7(2)12(8)3/h5H,4H2,1-3H3,(H2,9,10). The Balaban J connectivity index is 2.77. The fourth-order valence-electron chi connectivity index (χ4n) is 0.902. The average Bonchev–Trinajstić information content (AvgIpc) is 2.30. The minimum Gasteiger partial charge on any atom is -0.388 e. The lowest BCUT2D eigenvalue weighted by molar-refractivity contribution is 0.788. The highest BCUT2D eigenvalue weighted by Gasteiger charge is 1.99. The van der Waals surface area contributed by atoms with Gasteiger partial charge in [-0.1, -0.05) is 0 Å². The Hall–Kier alpha value is -1.32. The van der Waals surface area contributed by atoms with E-state index in [9.17, 15) is 0 Å². The summed E-state index contributed by atoms with van der Waals surface area (Å²) in [6.45, 7) is 4.35. The van der Waals surface area contributed by atoms with Crippen LogP contribution in [0.5, 0.6) is 0 Å². The monoisotopic (exact) mass is 166 g/mol. The van der Waals surface area contributed by atoms with E-state index in [2.05, 4.69) is 9.98 Å². The van der Waals surface area contributed by atoms with Crippen LogP contribution >= 0.6 is 0 Å². The summed E-state index contributed by atoms with van der Waals surface area (Å²) in [5.41, 5.74) is 6.50. The molecule has 0 fully saturated rings. The van der Waals surface area contributed by atoms with Gasteiger partial charge in [-0.15, -0.1) is 0 Å². The molecule has 1 rings (SSSR count). The van der Waals surface area contributed by atoms with Gasteiger partial charge in [-0.2, -0.15) is 0 Å². The summed E-state index contributed by atoms with van der Waals surface area (Å²) in [4.78, 5) is 8.25. The summed E-state index contributed by atoms with van der Waals surface area (Å²) >= 11 is 0. The van der Waals surface area contributed by atoms with Gasteiger partial charge in [0.1, 0.15) is 5.82 Å². The first-order valence-electron chi connectivity index (χ1n) is 3.85. The van der Waals surface area contributed by atoms with Crippen LogP contribution in [0.15, 0.2) is 11.2 Å². The number of aromatic nitrogens is 2. The third kappa shape index (κ3) is 1.84. The molecule has 0 aromatic carbocycles. The van der Waals surface area contributed by atoms with Gasteiger partial charge in [-0.25, -0.2) is 4.98 Å². The number of amidine groups is 1. The van der Waals surface area contributed by atoms with Crippen molar-refractivity contribution < 1.29 is 0 Å². The zero-order chi connectivity index (χ0) is 9.14. The molecule has 1 aromatic rings. The Morgan fingerprint density at radius 3 is 2.83 bits per heavy atom. The number of nitrogens with two attached hydrogens (primary N) is 1. The lowest BCUT2D eigenvalue weighted by atomic mass is 10.4. The van der Waals surface area contributed by atoms with Gasteiger partial charge in [0.05, 0.1) is 24.3 Å². The summed E-state index contributed by atoms with van der Waals surface area (Å²) in [5.74, 6) is 1.60. The van der Waals surface area contributed by atoms with Crippen LogP contribution in [-0.2, 0) is 13.6 Å². The Bertz CT molecular complexity index is 294. The van der Waals surface area contributed by atoms with Gasteiger partial charge in [0.25, 0.3) is 0 Å². The van der Waals surface area contributed by atoms with E-state index in [1.807, 2.05) is 24.7 Å². The van der Waals surface area contributed by atoms with Crippen LogP contribution < -0.4 is 5.73 Å². The van der Waals surface area contributed by atoms with Crippen LogP contribution in [0.2, 0.25) is 0 Å². The van der Waals surface area contributed by atoms with Gasteiger partial charge in [-0.3, -0.25) is 4.99 Å². The molecule has 0 aliphatic carbocycles. The van der Waals surface area contributed by atoms with Crippen molar-refractivity contribution in [2.45, 2.75) is 20.4 Å². The number of hydrogen-bond donors (Lipinski definition) is 1. The Morgan fingerprint density at radius 1 is 1.75 bits per heavy atom. The average molecular weight is 166 g/mol. The van der Waals surface area contributed by atoms with E-state index in [-0.39, 0.29) is 0 Å². The maximum absolute atomic E-state index is 5.42. The highest BCUT2D eigenvalue weighted by Crippen LogP contribution is 2.02. The van der Waals surface area contributed by atoms with Crippen molar-refractivity contribution in [3.8, 4) is 0 Å².